The normalized spacial score (nSPS) is 22.5. The van der Waals surface area contributed by atoms with E-state index in [4.69, 9.17) is 17.2 Å². The Balaban J connectivity index is 1.52. The molecule has 3 aliphatic rings. The van der Waals surface area contributed by atoms with E-state index in [1.54, 1.807) is 0 Å². The molecule has 0 radical (unpaired) electrons. The van der Waals surface area contributed by atoms with Gasteiger partial charge < -0.3 is 4.90 Å². The van der Waals surface area contributed by atoms with E-state index in [-0.39, 0.29) is 11.9 Å². The molecule has 0 spiro atoms. The molecule has 2 aliphatic heterocycles. The average molecular weight is 438 g/mol. The van der Waals surface area contributed by atoms with Crippen LogP contribution in [0.3, 0.4) is 0 Å². The van der Waals surface area contributed by atoms with Gasteiger partial charge in [-0.2, -0.15) is 0 Å². The van der Waals surface area contributed by atoms with Gasteiger partial charge in [-0.3, -0.25) is 9.69 Å². The van der Waals surface area contributed by atoms with Crippen LogP contribution in [0.15, 0.2) is 35.2 Å². The Morgan fingerprint density at radius 1 is 1.03 bits per heavy atom. The van der Waals surface area contributed by atoms with Crippen LogP contribution >= 0.6 is 24.0 Å². The molecule has 156 valence electrons. The fourth-order valence-corrected chi connectivity index (χ4v) is 6.25. The van der Waals surface area contributed by atoms with Crippen molar-refractivity contribution < 1.29 is 4.79 Å². The molecule has 3 heterocycles. The van der Waals surface area contributed by atoms with Crippen LogP contribution in [0.5, 0.6) is 0 Å². The van der Waals surface area contributed by atoms with E-state index in [0.717, 1.165) is 53.1 Å². The molecule has 2 saturated heterocycles. The molecular weight excluding hydrogens is 410 g/mol. The predicted molar refractivity (Wildman–Crippen MR) is 130 cm³/mol. The average Bonchev–Trinajstić information content (AvgIpc) is 3.07. The maximum atomic E-state index is 13.3. The number of thiocarbonyl (C=S) groups is 1. The number of aromatic nitrogens is 1. The van der Waals surface area contributed by atoms with Gasteiger partial charge in [-0.15, -0.1) is 0 Å². The molecule has 1 aromatic carbocycles. The van der Waals surface area contributed by atoms with Gasteiger partial charge in [0.2, 0.25) is 0 Å². The van der Waals surface area contributed by atoms with E-state index in [1.165, 1.54) is 50.3 Å². The summed E-state index contributed by atoms with van der Waals surface area (Å²) in [6.07, 6.45) is 11.5. The molecule has 0 N–H and O–H groups in total. The smallest absolute Gasteiger partial charge is 0.266 e. The Bertz CT molecular complexity index is 1010. The van der Waals surface area contributed by atoms with Crippen LogP contribution in [0.1, 0.15) is 56.9 Å². The molecule has 6 heteroatoms. The molecule has 0 unspecified atom stereocenters. The van der Waals surface area contributed by atoms with Crippen LogP contribution in [0, 0.1) is 0 Å². The maximum absolute atomic E-state index is 13.3. The monoisotopic (exact) mass is 437 g/mol. The lowest BCUT2D eigenvalue weighted by molar-refractivity contribution is -0.124. The Morgan fingerprint density at radius 2 is 1.77 bits per heavy atom. The number of nitrogens with zero attached hydrogens (tertiary/aromatic N) is 3. The minimum absolute atomic E-state index is 0.0784. The third-order valence-corrected chi connectivity index (χ3v) is 7.77. The molecule has 1 aliphatic carbocycles. The first-order valence-electron chi connectivity index (χ1n) is 11.1. The Hall–Kier alpha value is -1.92. The van der Waals surface area contributed by atoms with Gasteiger partial charge in [0.15, 0.2) is 0 Å². The second-order valence-electron chi connectivity index (χ2n) is 8.49. The summed E-state index contributed by atoms with van der Waals surface area (Å²) < 4.78 is 0.714. The maximum Gasteiger partial charge on any atom is 0.266 e. The highest BCUT2D eigenvalue weighted by atomic mass is 32.2. The molecule has 5 rings (SSSR count). The second-order valence-corrected chi connectivity index (χ2v) is 10.2. The molecule has 0 atom stereocenters. The number of thioether (sulfide) groups is 1. The van der Waals surface area contributed by atoms with Crippen molar-refractivity contribution in [2.24, 2.45) is 0 Å². The van der Waals surface area contributed by atoms with Crippen LogP contribution in [-0.4, -0.2) is 39.2 Å². The van der Waals surface area contributed by atoms with Crippen molar-refractivity contribution >= 4 is 57.0 Å². The third kappa shape index (κ3) is 3.87. The standard InChI is InChI=1S/C24H27N3OS2/c28-23-21(30-24(29)27(23)19-10-3-1-4-11-19)16-18-15-17-9-5-6-12-20(17)25-22(18)26-13-7-2-8-14-26/h5-6,9,12,15-16,19H,1-4,7-8,10-11,13-14H2/b21-16-. The molecule has 1 aromatic heterocycles. The van der Waals surface area contributed by atoms with Gasteiger partial charge in [-0.1, -0.05) is 61.4 Å². The first-order chi connectivity index (χ1) is 14.7. The molecule has 0 bridgehead atoms. The molecule has 2 aromatic rings. The van der Waals surface area contributed by atoms with Gasteiger partial charge in [0, 0.05) is 30.1 Å². The summed E-state index contributed by atoms with van der Waals surface area (Å²) in [7, 11) is 0. The van der Waals surface area contributed by atoms with E-state index in [2.05, 4.69) is 23.1 Å². The first kappa shape index (κ1) is 20.0. The van der Waals surface area contributed by atoms with Crippen LogP contribution in [-0.2, 0) is 4.79 Å². The summed E-state index contributed by atoms with van der Waals surface area (Å²) in [6.45, 7) is 2.05. The number of hydrogen-bond donors (Lipinski definition) is 0. The van der Waals surface area contributed by atoms with Crippen LogP contribution in [0.4, 0.5) is 5.82 Å². The summed E-state index contributed by atoms with van der Waals surface area (Å²) in [6, 6.07) is 10.7. The third-order valence-electron chi connectivity index (χ3n) is 6.44. The van der Waals surface area contributed by atoms with Crippen molar-refractivity contribution in [1.29, 1.82) is 0 Å². The zero-order chi connectivity index (χ0) is 20.5. The summed E-state index contributed by atoms with van der Waals surface area (Å²) in [4.78, 5) is 23.3. The zero-order valence-corrected chi connectivity index (χ0v) is 18.8. The Morgan fingerprint density at radius 3 is 2.57 bits per heavy atom. The molecule has 1 amide bonds. The van der Waals surface area contributed by atoms with Crippen LogP contribution < -0.4 is 4.90 Å². The lowest BCUT2D eigenvalue weighted by atomic mass is 9.94. The van der Waals surface area contributed by atoms with Crippen molar-refractivity contribution in [2.75, 3.05) is 18.0 Å². The van der Waals surface area contributed by atoms with Crippen molar-refractivity contribution in [2.45, 2.75) is 57.4 Å². The summed E-state index contributed by atoms with van der Waals surface area (Å²) in [5, 5.41) is 1.10. The van der Waals surface area contributed by atoms with E-state index in [9.17, 15) is 4.79 Å². The SMILES string of the molecule is O=C1/C(=C/c2cc3ccccc3nc2N2CCCCC2)SC(=S)N1C1CCCCC1. The lowest BCUT2D eigenvalue weighted by Crippen LogP contribution is -2.39. The van der Waals surface area contributed by atoms with Gasteiger partial charge in [-0.05, 0) is 50.3 Å². The number of piperidine rings is 1. The number of benzene rings is 1. The minimum atomic E-state index is 0.0784. The summed E-state index contributed by atoms with van der Waals surface area (Å²) in [5.74, 6) is 1.07. The van der Waals surface area contributed by atoms with Gasteiger partial charge in [-0.25, -0.2) is 4.98 Å². The predicted octanol–water partition coefficient (Wildman–Crippen LogP) is 5.76. The van der Waals surface area contributed by atoms with Crippen molar-refractivity contribution in [3.8, 4) is 0 Å². The molecule has 1 saturated carbocycles. The highest BCUT2D eigenvalue weighted by Gasteiger charge is 2.37. The number of fused-ring (bicyclic) bond motifs is 1. The lowest BCUT2D eigenvalue weighted by Gasteiger charge is -2.30. The highest BCUT2D eigenvalue weighted by molar-refractivity contribution is 8.26. The fourth-order valence-electron chi connectivity index (χ4n) is 4.86. The highest BCUT2D eigenvalue weighted by Crippen LogP contribution is 2.38. The van der Waals surface area contributed by atoms with Crippen LogP contribution in [0.25, 0.3) is 17.0 Å². The first-order valence-corrected chi connectivity index (χ1v) is 12.3. The molecule has 3 fully saturated rings. The number of amides is 1. The molecule has 30 heavy (non-hydrogen) atoms. The van der Waals surface area contributed by atoms with Gasteiger partial charge in [0.25, 0.3) is 5.91 Å². The largest absolute Gasteiger partial charge is 0.356 e. The summed E-state index contributed by atoms with van der Waals surface area (Å²) in [5.41, 5.74) is 2.03. The van der Waals surface area contributed by atoms with E-state index in [0.29, 0.717) is 4.32 Å². The molecule has 4 nitrogen and oxygen atoms in total. The van der Waals surface area contributed by atoms with E-state index < -0.39 is 0 Å². The fraction of sp³-hybridized carbons (Fsp3) is 0.458. The number of carbonyl (C=O) groups excluding carboxylic acids is 1. The molecular formula is C24H27N3OS2. The number of para-hydroxylation sites is 1. The Kier molecular flexibility index (Phi) is 5.79. The topological polar surface area (TPSA) is 36.4 Å². The summed E-state index contributed by atoms with van der Waals surface area (Å²) >= 11 is 7.08. The van der Waals surface area contributed by atoms with Crippen molar-refractivity contribution in [3.05, 3.63) is 40.8 Å². The van der Waals surface area contributed by atoms with Gasteiger partial charge in [0.1, 0.15) is 10.1 Å². The van der Waals surface area contributed by atoms with E-state index >= 15 is 0 Å². The number of hydrogen-bond acceptors (Lipinski definition) is 5. The number of pyridine rings is 1. The number of anilines is 1. The Labute approximate surface area is 187 Å². The van der Waals surface area contributed by atoms with Gasteiger partial charge >= 0.3 is 0 Å². The second kappa shape index (κ2) is 8.67. The zero-order valence-electron chi connectivity index (χ0n) is 17.2. The van der Waals surface area contributed by atoms with Crippen molar-refractivity contribution in [1.82, 2.24) is 9.88 Å². The quantitative estimate of drug-likeness (QED) is 0.451. The number of rotatable bonds is 3. The van der Waals surface area contributed by atoms with Gasteiger partial charge in [0.05, 0.1) is 10.4 Å². The van der Waals surface area contributed by atoms with Crippen LogP contribution in [0.2, 0.25) is 0 Å². The van der Waals surface area contributed by atoms with Crippen molar-refractivity contribution in [3.63, 3.8) is 0 Å². The van der Waals surface area contributed by atoms with E-state index in [1.807, 2.05) is 23.1 Å². The number of carbonyl (C=O) groups is 1. The minimum Gasteiger partial charge on any atom is -0.356 e.